The third-order valence-electron chi connectivity index (χ3n) is 5.74. The highest BCUT2D eigenvalue weighted by molar-refractivity contribution is 5.95. The van der Waals surface area contributed by atoms with Crippen LogP contribution in [0.25, 0.3) is 0 Å². The highest BCUT2D eigenvalue weighted by Gasteiger charge is 2.24. The Morgan fingerprint density at radius 1 is 1.03 bits per heavy atom. The summed E-state index contributed by atoms with van der Waals surface area (Å²) in [7, 11) is 0. The molecule has 0 unspecified atom stereocenters. The van der Waals surface area contributed by atoms with Gasteiger partial charge in [0, 0.05) is 51.4 Å². The summed E-state index contributed by atoms with van der Waals surface area (Å²) in [6.07, 6.45) is 1.21. The van der Waals surface area contributed by atoms with Crippen molar-refractivity contribution >= 4 is 17.5 Å². The van der Waals surface area contributed by atoms with Crippen LogP contribution in [0.1, 0.15) is 47.2 Å². The Hall–Kier alpha value is -2.76. The van der Waals surface area contributed by atoms with Crippen molar-refractivity contribution in [2.24, 2.45) is 0 Å². The molecule has 1 aromatic heterocycles. The molecule has 0 spiro atoms. The zero-order chi connectivity index (χ0) is 21.7. The van der Waals surface area contributed by atoms with Gasteiger partial charge in [-0.1, -0.05) is 25.1 Å². The second kappa shape index (κ2) is 9.83. The van der Waals surface area contributed by atoms with Gasteiger partial charge < -0.3 is 19.1 Å². The zero-order valence-corrected chi connectivity index (χ0v) is 18.6. The van der Waals surface area contributed by atoms with E-state index in [9.17, 15) is 9.59 Å². The number of piperazine rings is 1. The molecule has 1 aliphatic rings. The predicted octanol–water partition coefficient (Wildman–Crippen LogP) is 3.80. The molecule has 0 atom stereocenters. The fraction of sp³-hybridized carbons (Fsp3) is 0.500. The van der Waals surface area contributed by atoms with E-state index >= 15 is 0 Å². The first kappa shape index (κ1) is 21.9. The summed E-state index contributed by atoms with van der Waals surface area (Å²) in [5.74, 6) is 1.43. The van der Waals surface area contributed by atoms with Gasteiger partial charge in [-0.15, -0.1) is 0 Å². The zero-order valence-electron chi connectivity index (χ0n) is 18.6. The average molecular weight is 412 g/mol. The minimum absolute atomic E-state index is 0.0524. The molecule has 0 bridgehead atoms. The Morgan fingerprint density at radius 3 is 2.33 bits per heavy atom. The molecule has 162 valence electrons. The smallest absolute Gasteiger partial charge is 0.257 e. The summed E-state index contributed by atoms with van der Waals surface area (Å²) in [4.78, 5) is 31.8. The van der Waals surface area contributed by atoms with E-state index in [0.717, 1.165) is 38.4 Å². The predicted molar refractivity (Wildman–Crippen MR) is 119 cm³/mol. The molecule has 2 heterocycles. The van der Waals surface area contributed by atoms with Crippen molar-refractivity contribution in [3.05, 3.63) is 53.0 Å². The number of nitrogens with zero attached hydrogens (tertiary/aromatic N) is 3. The van der Waals surface area contributed by atoms with Crippen molar-refractivity contribution in [2.45, 2.75) is 40.5 Å². The van der Waals surface area contributed by atoms with Gasteiger partial charge in [-0.05, 0) is 44.9 Å². The second-order valence-corrected chi connectivity index (χ2v) is 8.02. The number of amides is 2. The first-order chi connectivity index (χ1) is 14.4. The number of aryl methyl sites for hydroxylation is 3. The molecule has 0 saturated carbocycles. The summed E-state index contributed by atoms with van der Waals surface area (Å²) in [5.41, 5.74) is 3.10. The van der Waals surface area contributed by atoms with Gasteiger partial charge in [0.15, 0.2) is 0 Å². The van der Waals surface area contributed by atoms with E-state index < -0.39 is 0 Å². The Morgan fingerprint density at radius 2 is 1.73 bits per heavy atom. The molecule has 1 fully saturated rings. The van der Waals surface area contributed by atoms with Gasteiger partial charge in [0.2, 0.25) is 5.91 Å². The Kier molecular flexibility index (Phi) is 7.19. The SMILES string of the molecule is CCCN(CCC(=O)N1CCN(c2ccccc2C)CC1)C(=O)c1cc(C)oc1C. The molecule has 1 saturated heterocycles. The van der Waals surface area contributed by atoms with Crippen molar-refractivity contribution < 1.29 is 14.0 Å². The number of hydrogen-bond donors (Lipinski definition) is 0. The van der Waals surface area contributed by atoms with Crippen LogP contribution in [0.15, 0.2) is 34.7 Å². The molecule has 2 amide bonds. The lowest BCUT2D eigenvalue weighted by atomic mass is 10.1. The van der Waals surface area contributed by atoms with Crippen LogP contribution in [-0.2, 0) is 4.79 Å². The van der Waals surface area contributed by atoms with Gasteiger partial charge in [-0.2, -0.15) is 0 Å². The van der Waals surface area contributed by atoms with Crippen molar-refractivity contribution in [3.63, 3.8) is 0 Å². The average Bonchev–Trinajstić information content (AvgIpc) is 3.08. The number of anilines is 1. The lowest BCUT2D eigenvalue weighted by Crippen LogP contribution is -2.49. The molecule has 0 aliphatic carbocycles. The standard InChI is InChI=1S/C24H33N3O3/c1-5-11-27(24(29)21-17-19(3)30-20(21)4)12-10-23(28)26-15-13-25(14-16-26)22-9-7-6-8-18(22)2/h6-9,17H,5,10-16H2,1-4H3. The van der Waals surface area contributed by atoms with Gasteiger partial charge >= 0.3 is 0 Å². The van der Waals surface area contributed by atoms with Crippen molar-refractivity contribution in [2.75, 3.05) is 44.2 Å². The van der Waals surface area contributed by atoms with Crippen molar-refractivity contribution in [3.8, 4) is 0 Å². The third kappa shape index (κ3) is 5.04. The molecule has 6 heteroatoms. The van der Waals surface area contributed by atoms with Crippen LogP contribution in [-0.4, -0.2) is 60.9 Å². The van der Waals surface area contributed by atoms with Gasteiger partial charge in [-0.3, -0.25) is 9.59 Å². The van der Waals surface area contributed by atoms with E-state index in [2.05, 4.69) is 30.0 Å². The van der Waals surface area contributed by atoms with Crippen LogP contribution in [0.4, 0.5) is 5.69 Å². The van der Waals surface area contributed by atoms with Crippen molar-refractivity contribution in [1.29, 1.82) is 0 Å². The molecule has 1 aromatic carbocycles. The fourth-order valence-corrected chi connectivity index (χ4v) is 4.10. The molecule has 1 aliphatic heterocycles. The number of furan rings is 1. The summed E-state index contributed by atoms with van der Waals surface area (Å²) in [6, 6.07) is 10.2. The summed E-state index contributed by atoms with van der Waals surface area (Å²) in [5, 5.41) is 0. The van der Waals surface area contributed by atoms with Crippen LogP contribution in [0, 0.1) is 20.8 Å². The number of carbonyl (C=O) groups excluding carboxylic acids is 2. The highest BCUT2D eigenvalue weighted by Crippen LogP contribution is 2.21. The molecule has 0 N–H and O–H groups in total. The van der Waals surface area contributed by atoms with E-state index in [1.165, 1.54) is 11.3 Å². The van der Waals surface area contributed by atoms with E-state index in [4.69, 9.17) is 4.42 Å². The first-order valence-corrected chi connectivity index (χ1v) is 10.9. The monoisotopic (exact) mass is 411 g/mol. The normalized spacial score (nSPS) is 14.1. The summed E-state index contributed by atoms with van der Waals surface area (Å²) < 4.78 is 5.51. The molecule has 3 rings (SSSR count). The van der Waals surface area contributed by atoms with Crippen molar-refractivity contribution in [1.82, 2.24) is 9.80 Å². The van der Waals surface area contributed by atoms with E-state index in [0.29, 0.717) is 30.8 Å². The van der Waals surface area contributed by atoms with E-state index in [-0.39, 0.29) is 11.8 Å². The van der Waals surface area contributed by atoms with Gasteiger partial charge in [-0.25, -0.2) is 0 Å². The topological polar surface area (TPSA) is 57.0 Å². The highest BCUT2D eigenvalue weighted by atomic mass is 16.3. The summed E-state index contributed by atoms with van der Waals surface area (Å²) >= 11 is 0. The Labute approximate surface area is 179 Å². The van der Waals surface area contributed by atoms with Crippen LogP contribution < -0.4 is 4.90 Å². The maximum atomic E-state index is 12.9. The number of rotatable bonds is 7. The Bertz CT molecular complexity index is 882. The quantitative estimate of drug-likeness (QED) is 0.695. The molecule has 30 heavy (non-hydrogen) atoms. The maximum absolute atomic E-state index is 12.9. The lowest BCUT2D eigenvalue weighted by molar-refractivity contribution is -0.131. The van der Waals surface area contributed by atoms with Crippen LogP contribution in [0.3, 0.4) is 0 Å². The molecule has 6 nitrogen and oxygen atoms in total. The molecular weight excluding hydrogens is 378 g/mol. The summed E-state index contributed by atoms with van der Waals surface area (Å²) in [6.45, 7) is 12.0. The number of hydrogen-bond acceptors (Lipinski definition) is 4. The van der Waals surface area contributed by atoms with Crippen LogP contribution in [0.5, 0.6) is 0 Å². The molecular formula is C24H33N3O3. The van der Waals surface area contributed by atoms with E-state index in [1.54, 1.807) is 11.0 Å². The Balaban J connectivity index is 1.54. The second-order valence-electron chi connectivity index (χ2n) is 8.02. The fourth-order valence-electron chi connectivity index (χ4n) is 4.10. The molecule has 0 radical (unpaired) electrons. The van der Waals surface area contributed by atoms with E-state index in [1.807, 2.05) is 31.7 Å². The number of para-hydroxylation sites is 1. The number of benzene rings is 1. The van der Waals surface area contributed by atoms with Gasteiger partial charge in [0.1, 0.15) is 11.5 Å². The maximum Gasteiger partial charge on any atom is 0.257 e. The lowest BCUT2D eigenvalue weighted by Gasteiger charge is -2.37. The van der Waals surface area contributed by atoms with Gasteiger partial charge in [0.25, 0.3) is 5.91 Å². The minimum atomic E-state index is -0.0524. The van der Waals surface area contributed by atoms with Gasteiger partial charge in [0.05, 0.1) is 5.56 Å². The van der Waals surface area contributed by atoms with Crippen LogP contribution >= 0.6 is 0 Å². The number of carbonyl (C=O) groups is 2. The van der Waals surface area contributed by atoms with Crippen LogP contribution in [0.2, 0.25) is 0 Å². The first-order valence-electron chi connectivity index (χ1n) is 10.9. The third-order valence-corrected chi connectivity index (χ3v) is 5.74. The largest absolute Gasteiger partial charge is 0.466 e. The minimum Gasteiger partial charge on any atom is -0.466 e. The molecule has 2 aromatic rings.